The third-order valence-electron chi connectivity index (χ3n) is 5.03. The van der Waals surface area contributed by atoms with E-state index in [2.05, 4.69) is 57.3 Å². The summed E-state index contributed by atoms with van der Waals surface area (Å²) in [6, 6.07) is 18.4. The summed E-state index contributed by atoms with van der Waals surface area (Å²) in [6.45, 7) is 8.15. The molecule has 0 aliphatic rings. The van der Waals surface area contributed by atoms with E-state index in [4.69, 9.17) is 0 Å². The molecule has 4 aromatic rings. The molecular formula is C24H24N4OS2. The van der Waals surface area contributed by atoms with Crippen molar-refractivity contribution < 1.29 is 4.79 Å². The number of hydrogen-bond acceptors (Lipinski definition) is 6. The number of anilines is 2. The number of aromatic nitrogens is 3. The minimum Gasteiger partial charge on any atom is -0.330 e. The first-order valence-corrected chi connectivity index (χ1v) is 11.8. The summed E-state index contributed by atoms with van der Waals surface area (Å²) in [5, 5.41) is 12.4. The molecule has 5 nitrogen and oxygen atoms in total. The van der Waals surface area contributed by atoms with Crippen LogP contribution in [-0.2, 0) is 0 Å². The zero-order valence-electron chi connectivity index (χ0n) is 18.0. The van der Waals surface area contributed by atoms with Crippen LogP contribution in [0.4, 0.5) is 10.8 Å². The van der Waals surface area contributed by atoms with Gasteiger partial charge in [0.2, 0.25) is 5.13 Å². The lowest BCUT2D eigenvalue weighted by Crippen LogP contribution is -2.05. The molecule has 0 aliphatic carbocycles. The van der Waals surface area contributed by atoms with E-state index in [9.17, 15) is 4.79 Å². The van der Waals surface area contributed by atoms with Crippen LogP contribution in [0.5, 0.6) is 0 Å². The normalized spacial score (nSPS) is 11.0. The summed E-state index contributed by atoms with van der Waals surface area (Å²) >= 11 is 2.88. The van der Waals surface area contributed by atoms with E-state index >= 15 is 0 Å². The van der Waals surface area contributed by atoms with Gasteiger partial charge in [0.05, 0.1) is 5.75 Å². The summed E-state index contributed by atoms with van der Waals surface area (Å²) in [4.78, 5) is 12.9. The van der Waals surface area contributed by atoms with Gasteiger partial charge in [-0.2, -0.15) is 0 Å². The number of thioether (sulfide) groups is 1. The summed E-state index contributed by atoms with van der Waals surface area (Å²) in [7, 11) is 0. The van der Waals surface area contributed by atoms with Gasteiger partial charge in [0.15, 0.2) is 10.1 Å². The molecule has 2 aromatic carbocycles. The molecule has 31 heavy (non-hydrogen) atoms. The number of hydrogen-bond donors (Lipinski definition) is 1. The van der Waals surface area contributed by atoms with E-state index in [1.54, 1.807) is 0 Å². The fourth-order valence-corrected chi connectivity index (χ4v) is 5.16. The summed E-state index contributed by atoms with van der Waals surface area (Å²) < 4.78 is 2.91. The zero-order valence-corrected chi connectivity index (χ0v) is 19.6. The van der Waals surface area contributed by atoms with Crippen LogP contribution in [0.3, 0.4) is 0 Å². The molecule has 4 rings (SSSR count). The Kier molecular flexibility index (Phi) is 6.25. The summed E-state index contributed by atoms with van der Waals surface area (Å²) in [6.07, 6.45) is 0. The monoisotopic (exact) mass is 448 g/mol. The fourth-order valence-electron chi connectivity index (χ4n) is 3.51. The third-order valence-corrected chi connectivity index (χ3v) is 7.00. The second kappa shape index (κ2) is 9.08. The van der Waals surface area contributed by atoms with Crippen molar-refractivity contribution in [1.82, 2.24) is 14.8 Å². The quantitative estimate of drug-likeness (QED) is 0.266. The topological polar surface area (TPSA) is 59.8 Å². The van der Waals surface area contributed by atoms with Gasteiger partial charge in [-0.05, 0) is 63.6 Å². The highest BCUT2D eigenvalue weighted by atomic mass is 32.2. The van der Waals surface area contributed by atoms with Crippen LogP contribution in [0.25, 0.3) is 5.69 Å². The minimum atomic E-state index is 0.0971. The number of nitrogens with one attached hydrogen (secondary N) is 1. The summed E-state index contributed by atoms with van der Waals surface area (Å²) in [5.41, 5.74) is 7.22. The zero-order chi connectivity index (χ0) is 22.0. The van der Waals surface area contributed by atoms with Gasteiger partial charge in [0, 0.05) is 28.3 Å². The first-order valence-electron chi connectivity index (χ1n) is 10.00. The predicted octanol–water partition coefficient (Wildman–Crippen LogP) is 6.28. The maximum Gasteiger partial charge on any atom is 0.210 e. The predicted molar refractivity (Wildman–Crippen MR) is 129 cm³/mol. The van der Waals surface area contributed by atoms with Crippen LogP contribution in [0, 0.1) is 27.7 Å². The minimum absolute atomic E-state index is 0.0971. The van der Waals surface area contributed by atoms with Crippen LogP contribution in [0.15, 0.2) is 58.9 Å². The number of nitrogens with zero attached hydrogens (tertiary/aromatic N) is 3. The Bertz CT molecular complexity index is 1220. The van der Waals surface area contributed by atoms with Gasteiger partial charge < -0.3 is 9.88 Å². The molecule has 0 radical (unpaired) electrons. The first kappa shape index (κ1) is 21.3. The SMILES string of the molecule is Cc1ccc(-n2c(C)cc(C(=O)CSc3nnc(Nc4cccc(C)c4)s3)c2C)cc1. The molecule has 0 spiro atoms. The molecule has 2 heterocycles. The maximum absolute atomic E-state index is 12.9. The van der Waals surface area contributed by atoms with E-state index in [0.29, 0.717) is 5.75 Å². The van der Waals surface area contributed by atoms with E-state index in [-0.39, 0.29) is 5.78 Å². The van der Waals surface area contributed by atoms with Crippen molar-refractivity contribution in [2.24, 2.45) is 0 Å². The molecule has 7 heteroatoms. The van der Waals surface area contributed by atoms with Crippen molar-refractivity contribution in [3.63, 3.8) is 0 Å². The van der Waals surface area contributed by atoms with Crippen molar-refractivity contribution >= 4 is 39.7 Å². The molecule has 0 saturated heterocycles. The number of Topliss-reactive ketones (excluding diaryl/α,β-unsaturated/α-hetero) is 1. The van der Waals surface area contributed by atoms with Gasteiger partial charge >= 0.3 is 0 Å². The first-order chi connectivity index (χ1) is 14.9. The second-order valence-electron chi connectivity index (χ2n) is 7.54. The molecule has 0 fully saturated rings. The van der Waals surface area contributed by atoms with Gasteiger partial charge in [-0.25, -0.2) is 0 Å². The largest absolute Gasteiger partial charge is 0.330 e. The average Bonchev–Trinajstić information content (AvgIpc) is 3.30. The fraction of sp³-hybridized carbons (Fsp3) is 0.208. The molecule has 2 aromatic heterocycles. The van der Waals surface area contributed by atoms with Crippen molar-refractivity contribution in [2.75, 3.05) is 11.1 Å². The highest BCUT2D eigenvalue weighted by Crippen LogP contribution is 2.29. The number of aryl methyl sites for hydroxylation is 3. The Morgan fingerprint density at radius 3 is 2.52 bits per heavy atom. The molecular weight excluding hydrogens is 424 g/mol. The van der Waals surface area contributed by atoms with Gasteiger partial charge in [-0.3, -0.25) is 4.79 Å². The molecule has 0 bridgehead atoms. The Morgan fingerprint density at radius 1 is 1.00 bits per heavy atom. The Balaban J connectivity index is 1.43. The lowest BCUT2D eigenvalue weighted by Gasteiger charge is -2.10. The van der Waals surface area contributed by atoms with Crippen LogP contribution in [0.1, 0.15) is 32.9 Å². The molecule has 0 aliphatic heterocycles. The van der Waals surface area contributed by atoms with Gasteiger partial charge in [0.1, 0.15) is 0 Å². The van der Waals surface area contributed by atoms with Crippen molar-refractivity contribution in [3.05, 3.63) is 82.7 Å². The van der Waals surface area contributed by atoms with Crippen LogP contribution >= 0.6 is 23.1 Å². The van der Waals surface area contributed by atoms with Crippen LogP contribution in [-0.4, -0.2) is 26.3 Å². The van der Waals surface area contributed by atoms with E-state index in [1.165, 1.54) is 34.2 Å². The molecule has 158 valence electrons. The van der Waals surface area contributed by atoms with Crippen LogP contribution in [0.2, 0.25) is 0 Å². The smallest absolute Gasteiger partial charge is 0.210 e. The summed E-state index contributed by atoms with van der Waals surface area (Å²) in [5.74, 6) is 0.428. The van der Waals surface area contributed by atoms with Crippen molar-refractivity contribution in [2.45, 2.75) is 32.0 Å². The third kappa shape index (κ3) is 4.89. The lowest BCUT2D eigenvalue weighted by atomic mass is 10.2. The Hall–Kier alpha value is -2.90. The average molecular weight is 449 g/mol. The number of rotatable bonds is 7. The van der Waals surface area contributed by atoms with Crippen molar-refractivity contribution in [1.29, 1.82) is 0 Å². The molecule has 1 N–H and O–H groups in total. The Labute approximate surface area is 190 Å². The maximum atomic E-state index is 12.9. The number of benzene rings is 2. The molecule has 0 saturated carbocycles. The molecule has 0 atom stereocenters. The van der Waals surface area contributed by atoms with Crippen molar-refractivity contribution in [3.8, 4) is 5.69 Å². The van der Waals surface area contributed by atoms with Gasteiger partial charge in [-0.15, -0.1) is 10.2 Å². The van der Waals surface area contributed by atoms with E-state index < -0.39 is 0 Å². The number of carbonyl (C=O) groups is 1. The molecule has 0 amide bonds. The second-order valence-corrected chi connectivity index (χ2v) is 9.74. The standard InChI is InChI=1S/C24H24N4OS2/c1-15-8-10-20(11-9-15)28-17(3)13-21(18(28)4)22(29)14-30-24-27-26-23(31-24)25-19-7-5-6-16(2)12-19/h5-13H,14H2,1-4H3,(H,25,26). The van der Waals surface area contributed by atoms with Crippen LogP contribution < -0.4 is 5.32 Å². The molecule has 0 unspecified atom stereocenters. The van der Waals surface area contributed by atoms with E-state index in [0.717, 1.165) is 37.8 Å². The van der Waals surface area contributed by atoms with E-state index in [1.807, 2.05) is 45.0 Å². The van der Waals surface area contributed by atoms with Gasteiger partial charge in [-0.1, -0.05) is 52.9 Å². The highest BCUT2D eigenvalue weighted by Gasteiger charge is 2.18. The highest BCUT2D eigenvalue weighted by molar-refractivity contribution is 8.01. The lowest BCUT2D eigenvalue weighted by molar-refractivity contribution is 0.102. The number of ketones is 1. The number of carbonyl (C=O) groups excluding carboxylic acids is 1. The Morgan fingerprint density at radius 2 is 1.77 bits per heavy atom. The van der Waals surface area contributed by atoms with Gasteiger partial charge in [0.25, 0.3) is 0 Å².